The van der Waals surface area contributed by atoms with E-state index < -0.39 is 60.3 Å². The van der Waals surface area contributed by atoms with Gasteiger partial charge in [0, 0.05) is 24.7 Å². The molecule has 1 spiro atoms. The molecule has 0 unspecified atom stereocenters. The second-order valence-corrected chi connectivity index (χ2v) is 12.1. The van der Waals surface area contributed by atoms with Gasteiger partial charge in [-0.2, -0.15) is 0 Å². The zero-order chi connectivity index (χ0) is 28.5. The SMILES string of the molecule is CC(C)C[C@H](NC(=O)CCC(=O)O[C@@H]1O[C@H]2O[C@@]3(C)CC[C@H]4[C@H](C)CC[C@H]([C@H]1C)[C@@]24OO3)C(=O)NCC(=O)O. The Balaban J connectivity index is 1.35. The summed E-state index contributed by atoms with van der Waals surface area (Å²) in [7, 11) is 0. The van der Waals surface area contributed by atoms with Crippen LogP contribution in [0, 0.1) is 29.6 Å². The van der Waals surface area contributed by atoms with E-state index in [1.807, 2.05) is 27.7 Å². The van der Waals surface area contributed by atoms with Gasteiger partial charge in [0.25, 0.3) is 0 Å². The molecule has 0 aromatic rings. The first-order chi connectivity index (χ1) is 18.3. The van der Waals surface area contributed by atoms with Gasteiger partial charge in [0.05, 0.1) is 6.42 Å². The van der Waals surface area contributed by atoms with Crippen LogP contribution >= 0.6 is 0 Å². The molecule has 0 radical (unpaired) electrons. The van der Waals surface area contributed by atoms with Crippen LogP contribution in [0.5, 0.6) is 0 Å². The number of amides is 2. The number of carboxylic acids is 1. The number of aliphatic carboxylic acids is 1. The molecule has 2 amide bonds. The standard InChI is InChI=1S/C27H42N2O10/c1-14(2)12-19(23(34)28-13-21(31)32)29-20(30)8-9-22(33)35-24-16(4)18-7-6-15(3)17-10-11-26(5)37-25(36-24)27(17,18)39-38-26/h14-19,24-25H,6-13H2,1-5H3,(H,28,34)(H,29,30)(H,31,32)/t15-,16-,17+,18-,19+,24-,25+,26-,27-/m1/s1. The quantitative estimate of drug-likeness (QED) is 0.270. The summed E-state index contributed by atoms with van der Waals surface area (Å²) in [6.45, 7) is 9.24. The Morgan fingerprint density at radius 3 is 2.49 bits per heavy atom. The molecule has 5 aliphatic rings. The average molecular weight is 555 g/mol. The molecule has 1 saturated carbocycles. The molecule has 12 heteroatoms. The van der Waals surface area contributed by atoms with Crippen molar-refractivity contribution in [3.63, 3.8) is 0 Å². The normalized spacial score (nSPS) is 37.8. The maximum Gasteiger partial charge on any atom is 0.322 e. The molecule has 39 heavy (non-hydrogen) atoms. The molecule has 4 aliphatic heterocycles. The first-order valence-corrected chi connectivity index (χ1v) is 14.0. The summed E-state index contributed by atoms with van der Waals surface area (Å²) >= 11 is 0. The average Bonchev–Trinajstić information content (AvgIpc) is 3.09. The first-order valence-electron chi connectivity index (χ1n) is 14.0. The molecule has 9 atom stereocenters. The Hall–Kier alpha value is -2.28. The Kier molecular flexibility index (Phi) is 8.89. The van der Waals surface area contributed by atoms with Crippen molar-refractivity contribution in [1.29, 1.82) is 0 Å². The van der Waals surface area contributed by atoms with Gasteiger partial charge >= 0.3 is 11.9 Å². The van der Waals surface area contributed by atoms with Crippen molar-refractivity contribution >= 4 is 23.8 Å². The highest BCUT2D eigenvalue weighted by atomic mass is 17.3. The minimum atomic E-state index is -1.18. The Bertz CT molecular complexity index is 959. The van der Waals surface area contributed by atoms with Crippen LogP contribution in [0.3, 0.4) is 0 Å². The number of carboxylic acid groups (broad SMARTS) is 1. The third-order valence-corrected chi connectivity index (χ3v) is 8.67. The molecular formula is C27H42N2O10. The molecule has 4 saturated heterocycles. The molecule has 4 heterocycles. The van der Waals surface area contributed by atoms with Gasteiger partial charge in [-0.15, -0.1) is 0 Å². The van der Waals surface area contributed by atoms with Gasteiger partial charge in [-0.05, 0) is 50.4 Å². The second-order valence-electron chi connectivity index (χ2n) is 12.1. The molecule has 5 rings (SSSR count). The fourth-order valence-corrected chi connectivity index (χ4v) is 6.67. The fraction of sp³-hybridized carbons (Fsp3) is 0.852. The van der Waals surface area contributed by atoms with Crippen LogP contribution in [0.25, 0.3) is 0 Å². The van der Waals surface area contributed by atoms with E-state index in [1.165, 1.54) is 0 Å². The fourth-order valence-electron chi connectivity index (χ4n) is 6.67. The summed E-state index contributed by atoms with van der Waals surface area (Å²) in [5.41, 5.74) is -0.761. The number of rotatable bonds is 10. The number of carbonyl (C=O) groups is 4. The minimum Gasteiger partial charge on any atom is -0.480 e. The van der Waals surface area contributed by atoms with Crippen molar-refractivity contribution in [3.05, 3.63) is 0 Å². The summed E-state index contributed by atoms with van der Waals surface area (Å²) in [5.74, 6) is -3.31. The van der Waals surface area contributed by atoms with Gasteiger partial charge in [-0.1, -0.05) is 27.7 Å². The number of nitrogens with one attached hydrogen (secondary N) is 2. The van der Waals surface area contributed by atoms with E-state index in [2.05, 4.69) is 17.6 Å². The van der Waals surface area contributed by atoms with Crippen molar-refractivity contribution in [3.8, 4) is 0 Å². The highest BCUT2D eigenvalue weighted by molar-refractivity contribution is 5.90. The van der Waals surface area contributed by atoms with Crippen LogP contribution in [0.15, 0.2) is 0 Å². The number of esters is 1. The molecule has 12 nitrogen and oxygen atoms in total. The maximum atomic E-state index is 12.8. The third kappa shape index (κ3) is 6.23. The smallest absolute Gasteiger partial charge is 0.322 e. The number of hydrogen-bond donors (Lipinski definition) is 3. The largest absolute Gasteiger partial charge is 0.480 e. The van der Waals surface area contributed by atoms with Gasteiger partial charge in [-0.3, -0.25) is 19.2 Å². The van der Waals surface area contributed by atoms with Gasteiger partial charge in [0.2, 0.25) is 23.9 Å². The van der Waals surface area contributed by atoms with Gasteiger partial charge in [-0.25, -0.2) is 9.78 Å². The number of fused-ring (bicyclic) bond motifs is 2. The molecule has 0 aromatic heterocycles. The zero-order valence-corrected chi connectivity index (χ0v) is 23.4. The summed E-state index contributed by atoms with van der Waals surface area (Å²) in [6, 6.07) is -0.904. The van der Waals surface area contributed by atoms with Crippen molar-refractivity contribution in [2.24, 2.45) is 29.6 Å². The van der Waals surface area contributed by atoms with Crippen LogP contribution in [-0.4, -0.2) is 65.4 Å². The molecule has 0 aromatic carbocycles. The summed E-state index contributed by atoms with van der Waals surface area (Å²) < 4.78 is 18.2. The van der Waals surface area contributed by atoms with Crippen molar-refractivity contribution in [2.75, 3.05) is 6.54 Å². The minimum absolute atomic E-state index is 0.00213. The van der Waals surface area contributed by atoms with E-state index in [-0.39, 0.29) is 36.5 Å². The lowest BCUT2D eigenvalue weighted by atomic mass is 9.58. The predicted molar refractivity (Wildman–Crippen MR) is 134 cm³/mol. The third-order valence-electron chi connectivity index (χ3n) is 8.67. The monoisotopic (exact) mass is 554 g/mol. The molecule has 3 N–H and O–H groups in total. The Morgan fingerprint density at radius 2 is 1.79 bits per heavy atom. The van der Waals surface area contributed by atoms with Crippen LogP contribution in [0.1, 0.15) is 79.6 Å². The van der Waals surface area contributed by atoms with E-state index in [0.29, 0.717) is 18.8 Å². The highest BCUT2D eigenvalue weighted by Gasteiger charge is 2.69. The van der Waals surface area contributed by atoms with Gasteiger partial charge < -0.3 is 30.0 Å². The number of ether oxygens (including phenoxy) is 3. The summed E-state index contributed by atoms with van der Waals surface area (Å²) in [5, 5.41) is 13.7. The van der Waals surface area contributed by atoms with Crippen LogP contribution in [0.4, 0.5) is 0 Å². The Labute approximate surface area is 228 Å². The van der Waals surface area contributed by atoms with E-state index in [4.69, 9.17) is 29.1 Å². The first kappa shape index (κ1) is 29.7. The van der Waals surface area contributed by atoms with Gasteiger partial charge in [0.15, 0.2) is 11.9 Å². The number of hydrogen-bond acceptors (Lipinski definition) is 9. The highest BCUT2D eigenvalue weighted by Crippen LogP contribution is 2.60. The molecule has 5 fully saturated rings. The predicted octanol–water partition coefficient (Wildman–Crippen LogP) is 2.25. The van der Waals surface area contributed by atoms with Crippen LogP contribution < -0.4 is 10.6 Å². The van der Waals surface area contributed by atoms with Gasteiger partial charge in [0.1, 0.15) is 12.6 Å². The lowest BCUT2D eigenvalue weighted by molar-refractivity contribution is -0.576. The maximum absolute atomic E-state index is 12.8. The van der Waals surface area contributed by atoms with Crippen molar-refractivity contribution in [1.82, 2.24) is 10.6 Å². The lowest BCUT2D eigenvalue weighted by Gasteiger charge is -2.59. The van der Waals surface area contributed by atoms with E-state index in [1.54, 1.807) is 0 Å². The summed E-state index contributed by atoms with van der Waals surface area (Å²) in [4.78, 5) is 60.4. The molecule has 220 valence electrons. The van der Waals surface area contributed by atoms with E-state index in [9.17, 15) is 19.2 Å². The van der Waals surface area contributed by atoms with E-state index >= 15 is 0 Å². The molecule has 2 bridgehead atoms. The summed E-state index contributed by atoms with van der Waals surface area (Å²) in [6.07, 6.45) is 1.77. The molecule has 1 aliphatic carbocycles. The van der Waals surface area contributed by atoms with E-state index in [0.717, 1.165) is 19.3 Å². The van der Waals surface area contributed by atoms with Crippen molar-refractivity contribution in [2.45, 2.75) is 110 Å². The zero-order valence-electron chi connectivity index (χ0n) is 23.4. The second kappa shape index (κ2) is 11.7. The van der Waals surface area contributed by atoms with Crippen molar-refractivity contribution < 1.29 is 48.3 Å². The van der Waals surface area contributed by atoms with Crippen LogP contribution in [0.2, 0.25) is 0 Å². The number of carbonyl (C=O) groups excluding carboxylic acids is 3. The Morgan fingerprint density at radius 1 is 1.05 bits per heavy atom. The lowest BCUT2D eigenvalue weighted by Crippen LogP contribution is -2.70. The van der Waals surface area contributed by atoms with Crippen LogP contribution in [-0.2, 0) is 43.2 Å². The topological polar surface area (TPSA) is 159 Å². The molecular weight excluding hydrogens is 512 g/mol.